The Morgan fingerprint density at radius 1 is 0.981 bits per heavy atom. The summed E-state index contributed by atoms with van der Waals surface area (Å²) in [5.74, 6) is 0.755. The number of piperidine rings is 3. The van der Waals surface area contributed by atoms with Gasteiger partial charge in [0.05, 0.1) is 41.1 Å². The molecule has 4 heterocycles. The average molecular weight is 761 g/mol. The van der Waals surface area contributed by atoms with Crippen molar-refractivity contribution in [2.24, 2.45) is 11.8 Å². The van der Waals surface area contributed by atoms with E-state index in [9.17, 15) is 9.59 Å². The normalized spacial score (nSPS) is 23.3. The molecule has 4 aromatic rings. The molecule has 0 N–H and O–H groups in total. The Kier molecular flexibility index (Phi) is 9.95. The number of ether oxygens (including phenoxy) is 4. The Labute approximate surface area is 317 Å². The average Bonchev–Trinajstić information content (AvgIpc) is 3.42. The van der Waals surface area contributed by atoms with Gasteiger partial charge in [0.1, 0.15) is 17.5 Å². The lowest BCUT2D eigenvalue weighted by Crippen LogP contribution is -2.42. The minimum Gasteiger partial charge on any atom is -0.493 e. The number of nitrogens with zero attached hydrogens (tertiary/aromatic N) is 3. The number of fused-ring (bicyclic) bond motifs is 1. The number of carbonyl (C=O) groups is 2. The molecule has 9 nitrogen and oxygen atoms in total. The van der Waals surface area contributed by atoms with Crippen molar-refractivity contribution in [1.29, 1.82) is 0 Å². The fraction of sp³-hybridized carbons (Fsp3) is 0.390. The van der Waals surface area contributed by atoms with E-state index < -0.39 is 29.6 Å². The summed E-state index contributed by atoms with van der Waals surface area (Å²) in [5, 5.41) is 0.707. The van der Waals surface area contributed by atoms with E-state index in [1.165, 1.54) is 23.4 Å². The Morgan fingerprint density at radius 2 is 1.74 bits per heavy atom. The van der Waals surface area contributed by atoms with E-state index >= 15 is 4.39 Å². The van der Waals surface area contributed by atoms with Crippen molar-refractivity contribution in [3.8, 4) is 11.5 Å². The predicted octanol–water partition coefficient (Wildman–Crippen LogP) is 8.85. The van der Waals surface area contributed by atoms with Gasteiger partial charge < -0.3 is 18.9 Å². The predicted molar refractivity (Wildman–Crippen MR) is 198 cm³/mol. The van der Waals surface area contributed by atoms with Gasteiger partial charge in [-0.1, -0.05) is 53.5 Å². The topological polar surface area (TPSA) is 90.4 Å². The fourth-order valence-electron chi connectivity index (χ4n) is 8.38. The molecule has 2 saturated carbocycles. The van der Waals surface area contributed by atoms with Crippen molar-refractivity contribution in [2.45, 2.75) is 62.9 Å². The number of anilines is 1. The van der Waals surface area contributed by atoms with Crippen LogP contribution in [0.1, 0.15) is 65.3 Å². The van der Waals surface area contributed by atoms with E-state index in [0.29, 0.717) is 50.1 Å². The van der Waals surface area contributed by atoms with Crippen molar-refractivity contribution >= 4 is 41.0 Å². The minimum absolute atomic E-state index is 0.0432. The molecule has 53 heavy (non-hydrogen) atoms. The zero-order valence-corrected chi connectivity index (χ0v) is 30.8. The van der Waals surface area contributed by atoms with Crippen LogP contribution in [-0.4, -0.2) is 60.4 Å². The van der Waals surface area contributed by atoms with E-state index in [2.05, 4.69) is 9.88 Å². The summed E-state index contributed by atoms with van der Waals surface area (Å²) in [6, 6.07) is 18.4. The molecule has 0 radical (unpaired) electrons. The van der Waals surface area contributed by atoms with Gasteiger partial charge in [0.25, 0.3) is 0 Å². The van der Waals surface area contributed by atoms with Crippen molar-refractivity contribution in [3.63, 3.8) is 0 Å². The lowest BCUT2D eigenvalue weighted by atomic mass is 10.0. The highest BCUT2D eigenvalue weighted by Crippen LogP contribution is 2.63. The van der Waals surface area contributed by atoms with Crippen LogP contribution < -0.4 is 14.4 Å². The summed E-state index contributed by atoms with van der Waals surface area (Å²) in [4.78, 5) is 35.3. The summed E-state index contributed by atoms with van der Waals surface area (Å²) in [6.07, 6.45) is 7.04. The molecule has 4 bridgehead atoms. The zero-order chi connectivity index (χ0) is 36.7. The molecule has 5 atom stereocenters. The first-order chi connectivity index (χ1) is 25.7. The van der Waals surface area contributed by atoms with Crippen molar-refractivity contribution in [3.05, 3.63) is 117 Å². The van der Waals surface area contributed by atoms with Gasteiger partial charge in [0.2, 0.25) is 0 Å². The van der Waals surface area contributed by atoms with Gasteiger partial charge in [-0.15, -0.1) is 0 Å². The second-order valence-corrected chi connectivity index (χ2v) is 15.2. The van der Waals surface area contributed by atoms with Crippen LogP contribution in [0.3, 0.4) is 0 Å². The summed E-state index contributed by atoms with van der Waals surface area (Å²) < 4.78 is 39.4. The maximum absolute atomic E-state index is 15.1. The molecule has 5 aliphatic rings. The highest BCUT2D eigenvalue weighted by atomic mass is 35.5. The number of amides is 1. The smallest absolute Gasteiger partial charge is 0.415 e. The van der Waals surface area contributed by atoms with Crippen LogP contribution in [-0.2, 0) is 22.4 Å². The number of hydrogen-bond donors (Lipinski definition) is 0. The lowest BCUT2D eigenvalue weighted by Gasteiger charge is -2.31. The molecule has 1 amide bonds. The van der Waals surface area contributed by atoms with Crippen LogP contribution in [0.2, 0.25) is 10.0 Å². The van der Waals surface area contributed by atoms with E-state index in [0.717, 1.165) is 51.7 Å². The number of aromatic nitrogens is 1. The molecule has 3 aromatic carbocycles. The fourth-order valence-corrected chi connectivity index (χ4v) is 8.90. The zero-order valence-electron chi connectivity index (χ0n) is 29.3. The number of benzene rings is 3. The third-order valence-corrected chi connectivity index (χ3v) is 11.9. The number of esters is 1. The summed E-state index contributed by atoms with van der Waals surface area (Å²) in [6.45, 7) is 2.73. The molecule has 3 aliphatic heterocycles. The Balaban J connectivity index is 1.02. The first-order valence-electron chi connectivity index (χ1n) is 18.1. The Bertz CT molecular complexity index is 1980. The molecule has 12 heteroatoms. The second kappa shape index (κ2) is 14.8. The first-order valence-corrected chi connectivity index (χ1v) is 18.9. The highest BCUT2D eigenvalue weighted by Gasteiger charge is 2.74. The summed E-state index contributed by atoms with van der Waals surface area (Å²) >= 11 is 13.0. The van der Waals surface area contributed by atoms with Gasteiger partial charge in [0.15, 0.2) is 11.5 Å². The van der Waals surface area contributed by atoms with Crippen molar-refractivity contribution in [2.75, 3.05) is 31.6 Å². The first kappa shape index (κ1) is 35.6. The molecule has 5 fully saturated rings. The maximum Gasteiger partial charge on any atom is 0.415 e. The highest BCUT2D eigenvalue weighted by molar-refractivity contribution is 6.35. The largest absolute Gasteiger partial charge is 0.493 e. The second-order valence-electron chi connectivity index (χ2n) is 14.4. The van der Waals surface area contributed by atoms with Crippen LogP contribution in [0.15, 0.2) is 79.1 Å². The van der Waals surface area contributed by atoms with E-state index in [4.69, 9.17) is 42.1 Å². The molecular formula is C41H40Cl2FN3O6. The lowest BCUT2D eigenvalue weighted by molar-refractivity contribution is 0.0296. The van der Waals surface area contributed by atoms with Crippen LogP contribution in [0.4, 0.5) is 14.9 Å². The Morgan fingerprint density at radius 3 is 2.40 bits per heavy atom. The van der Waals surface area contributed by atoms with Crippen LogP contribution in [0.25, 0.3) is 0 Å². The van der Waals surface area contributed by atoms with Gasteiger partial charge in [-0.3, -0.25) is 14.8 Å². The standard InChI is InChI=1S/C41H40Cl2FN3O6/c1-50-36-15-14-27(18-38(36)51-28-6-2-3-7-28)37(19-29-32(42)20-45-21-33(29)43)52-39(48)26-12-10-25(11-13-26)22-47(35-9-5-4-8-34(35)44)40(49)53-41-24-46-17-16-30(41)31(41)23-46/h4-5,8-15,18,20-21,28,30-31,37H,2-3,6-7,16-17,19,22-24H2,1H3/t30?,31?,37-,41-/m1/s1. The maximum atomic E-state index is 15.1. The van der Waals surface area contributed by atoms with E-state index in [1.807, 2.05) is 12.1 Å². The van der Waals surface area contributed by atoms with Crippen LogP contribution in [0.5, 0.6) is 11.5 Å². The van der Waals surface area contributed by atoms with Crippen molar-refractivity contribution in [1.82, 2.24) is 9.88 Å². The third kappa shape index (κ3) is 7.16. The number of para-hydroxylation sites is 1. The molecular weight excluding hydrogens is 720 g/mol. The molecule has 0 spiro atoms. The summed E-state index contributed by atoms with van der Waals surface area (Å²) in [7, 11) is 1.59. The summed E-state index contributed by atoms with van der Waals surface area (Å²) in [5.41, 5.74) is 1.88. The molecule has 276 valence electrons. The Hall–Kier alpha value is -4.38. The SMILES string of the molecule is COc1ccc([C@@H](Cc2c(Cl)cncc2Cl)OC(=O)c2ccc(CN(C(=O)O[C@]34CN5CCC3C4C5)c3ccccc3F)cc2)cc1OC1CCCC1. The number of methoxy groups -OCH3 is 1. The quantitative estimate of drug-likeness (QED) is 0.132. The minimum atomic E-state index is -0.796. The number of carbonyl (C=O) groups excluding carboxylic acids is 2. The van der Waals surface area contributed by atoms with Crippen molar-refractivity contribution < 1.29 is 32.9 Å². The van der Waals surface area contributed by atoms with E-state index in [-0.39, 0.29) is 30.3 Å². The van der Waals surface area contributed by atoms with Crippen LogP contribution in [0, 0.1) is 17.7 Å². The van der Waals surface area contributed by atoms with Gasteiger partial charge in [0, 0.05) is 43.7 Å². The number of halogens is 3. The number of pyridine rings is 1. The van der Waals surface area contributed by atoms with Gasteiger partial charge in [-0.05, 0) is 91.7 Å². The van der Waals surface area contributed by atoms with E-state index in [1.54, 1.807) is 55.6 Å². The van der Waals surface area contributed by atoms with Crippen LogP contribution >= 0.6 is 23.2 Å². The molecule has 1 aromatic heterocycles. The third-order valence-electron chi connectivity index (χ3n) is 11.2. The van der Waals surface area contributed by atoms with Gasteiger partial charge >= 0.3 is 12.1 Å². The van der Waals surface area contributed by atoms with Gasteiger partial charge in [-0.2, -0.15) is 0 Å². The molecule has 3 unspecified atom stereocenters. The number of hydrogen-bond acceptors (Lipinski definition) is 8. The molecule has 9 rings (SSSR count). The number of rotatable bonds is 12. The monoisotopic (exact) mass is 759 g/mol. The molecule has 3 saturated heterocycles. The van der Waals surface area contributed by atoms with Gasteiger partial charge in [-0.25, -0.2) is 14.0 Å². The molecule has 2 aliphatic carbocycles.